The van der Waals surface area contributed by atoms with Crippen LogP contribution in [0.2, 0.25) is 0 Å². The molecule has 1 atom stereocenters. The zero-order chi connectivity index (χ0) is 22.7. The van der Waals surface area contributed by atoms with Gasteiger partial charge in [-0.3, -0.25) is 0 Å². The van der Waals surface area contributed by atoms with Crippen molar-refractivity contribution in [1.29, 1.82) is 0 Å². The maximum atomic E-state index is 13.7. The van der Waals surface area contributed by atoms with Gasteiger partial charge in [-0.15, -0.1) is 0 Å². The van der Waals surface area contributed by atoms with Gasteiger partial charge in [0.15, 0.2) is 0 Å². The van der Waals surface area contributed by atoms with E-state index in [2.05, 4.69) is 35.1 Å². The van der Waals surface area contributed by atoms with Crippen molar-refractivity contribution < 1.29 is 8.42 Å². The molecule has 0 saturated heterocycles. The van der Waals surface area contributed by atoms with E-state index < -0.39 is 10.0 Å². The Morgan fingerprint density at radius 3 is 2.00 bits per heavy atom. The molecule has 0 amide bonds. The molecule has 0 heterocycles. The second kappa shape index (κ2) is 9.43. The summed E-state index contributed by atoms with van der Waals surface area (Å²) in [5.74, 6) is 0.283. The molecule has 32 heavy (non-hydrogen) atoms. The third-order valence-corrected chi connectivity index (χ3v) is 8.09. The molecule has 0 bridgehead atoms. The minimum absolute atomic E-state index is 0.281. The summed E-state index contributed by atoms with van der Waals surface area (Å²) < 4.78 is 30.5. The van der Waals surface area contributed by atoms with E-state index >= 15 is 0 Å². The van der Waals surface area contributed by atoms with E-state index in [1.165, 1.54) is 0 Å². The monoisotopic (exact) mass is 445 g/mol. The lowest BCUT2D eigenvalue weighted by Crippen LogP contribution is -2.44. The molecular formula is C28H31NO2S. The van der Waals surface area contributed by atoms with Gasteiger partial charge in [-0.2, -0.15) is 0 Å². The zero-order valence-electron chi connectivity index (χ0n) is 19.0. The maximum Gasteiger partial charge on any atom is 0.241 e. The number of sulfonamides is 1. The van der Waals surface area contributed by atoms with E-state index in [0.717, 1.165) is 52.7 Å². The first-order valence-corrected chi connectivity index (χ1v) is 12.8. The third-order valence-electron chi connectivity index (χ3n) is 6.34. The van der Waals surface area contributed by atoms with E-state index in [9.17, 15) is 8.42 Å². The highest BCUT2D eigenvalue weighted by atomic mass is 32.2. The zero-order valence-corrected chi connectivity index (χ0v) is 19.8. The summed E-state index contributed by atoms with van der Waals surface area (Å²) in [5.41, 5.74) is 5.79. The standard InChI is InChI=1S/C28H31NO2S/c1-20-17-21(2)28(22(3)18-20)32(30,31)29-27(25-15-10-16-25)26(24-13-8-5-9-14-24)19-23-11-6-4-7-12-23/h4-9,11-14,17-19,25,27,29H,10,15-16H2,1-3H3/b26-19+. The Balaban J connectivity index is 1.81. The summed E-state index contributed by atoms with van der Waals surface area (Å²) >= 11 is 0. The average molecular weight is 446 g/mol. The van der Waals surface area contributed by atoms with Crippen LogP contribution in [-0.2, 0) is 10.0 Å². The van der Waals surface area contributed by atoms with Crippen LogP contribution in [0.3, 0.4) is 0 Å². The molecule has 3 nitrogen and oxygen atoms in total. The van der Waals surface area contributed by atoms with Crippen molar-refractivity contribution >= 4 is 21.7 Å². The summed E-state index contributed by atoms with van der Waals surface area (Å²) in [6.45, 7) is 5.76. The van der Waals surface area contributed by atoms with Crippen molar-refractivity contribution in [3.8, 4) is 0 Å². The number of aryl methyl sites for hydroxylation is 3. The fourth-order valence-corrected chi connectivity index (χ4v) is 6.45. The molecule has 0 aromatic heterocycles. The Kier molecular flexibility index (Phi) is 6.63. The van der Waals surface area contributed by atoms with Gasteiger partial charge in [-0.1, -0.05) is 84.8 Å². The van der Waals surface area contributed by atoms with E-state index in [1.807, 2.05) is 69.3 Å². The minimum Gasteiger partial charge on any atom is -0.207 e. The van der Waals surface area contributed by atoms with Gasteiger partial charge in [0.25, 0.3) is 0 Å². The quantitative estimate of drug-likeness (QED) is 0.434. The van der Waals surface area contributed by atoms with Gasteiger partial charge < -0.3 is 0 Å². The van der Waals surface area contributed by atoms with Gasteiger partial charge in [0.05, 0.1) is 10.9 Å². The Hall–Kier alpha value is -2.69. The van der Waals surface area contributed by atoms with Crippen molar-refractivity contribution in [2.45, 2.75) is 51.0 Å². The lowest BCUT2D eigenvalue weighted by Gasteiger charge is -2.36. The molecule has 4 rings (SSSR count). The minimum atomic E-state index is -3.69. The van der Waals surface area contributed by atoms with Gasteiger partial charge in [-0.25, -0.2) is 13.1 Å². The molecule has 0 aliphatic heterocycles. The van der Waals surface area contributed by atoms with E-state index in [1.54, 1.807) is 0 Å². The number of hydrogen-bond acceptors (Lipinski definition) is 2. The van der Waals surface area contributed by atoms with Crippen LogP contribution in [-0.4, -0.2) is 14.5 Å². The SMILES string of the molecule is Cc1cc(C)c(S(=O)(=O)NC(/C(=C/c2ccccc2)c2ccccc2)C2CCC2)c(C)c1. The summed E-state index contributed by atoms with van der Waals surface area (Å²) in [4.78, 5) is 0.402. The first-order chi connectivity index (χ1) is 15.3. The van der Waals surface area contributed by atoms with Gasteiger partial charge >= 0.3 is 0 Å². The largest absolute Gasteiger partial charge is 0.241 e. The van der Waals surface area contributed by atoms with Gasteiger partial charge in [0.2, 0.25) is 10.0 Å². The summed E-state index contributed by atoms with van der Waals surface area (Å²) in [6.07, 6.45) is 5.32. The number of nitrogens with one attached hydrogen (secondary N) is 1. The van der Waals surface area contributed by atoms with E-state index in [-0.39, 0.29) is 12.0 Å². The van der Waals surface area contributed by atoms with Crippen LogP contribution in [0.4, 0.5) is 0 Å². The van der Waals surface area contributed by atoms with E-state index in [4.69, 9.17) is 0 Å². The molecule has 3 aromatic carbocycles. The lowest BCUT2D eigenvalue weighted by atomic mass is 9.75. The van der Waals surface area contributed by atoms with Crippen LogP contribution >= 0.6 is 0 Å². The predicted octanol–water partition coefficient (Wildman–Crippen LogP) is 6.30. The highest BCUT2D eigenvalue weighted by Gasteiger charge is 2.35. The van der Waals surface area contributed by atoms with Crippen LogP contribution in [0.15, 0.2) is 77.7 Å². The predicted molar refractivity (Wildman–Crippen MR) is 133 cm³/mol. The molecule has 1 N–H and O–H groups in total. The molecule has 0 radical (unpaired) electrons. The highest BCUT2D eigenvalue weighted by molar-refractivity contribution is 7.89. The van der Waals surface area contributed by atoms with Crippen LogP contribution in [0.25, 0.3) is 11.6 Å². The number of benzene rings is 3. The molecule has 1 saturated carbocycles. The molecular weight excluding hydrogens is 414 g/mol. The summed E-state index contributed by atoms with van der Waals surface area (Å²) in [6, 6.07) is 23.9. The van der Waals surface area contributed by atoms with E-state index in [0.29, 0.717) is 4.90 Å². The van der Waals surface area contributed by atoms with Gasteiger partial charge in [0, 0.05) is 0 Å². The number of rotatable bonds is 7. The third kappa shape index (κ3) is 4.87. The van der Waals surface area contributed by atoms with Crippen LogP contribution < -0.4 is 4.72 Å². The molecule has 1 aliphatic rings. The Labute approximate surface area is 192 Å². The summed E-state index contributed by atoms with van der Waals surface area (Å²) in [5, 5.41) is 0. The molecule has 1 aliphatic carbocycles. The molecule has 1 unspecified atom stereocenters. The van der Waals surface area contributed by atoms with Crippen LogP contribution in [0.1, 0.15) is 47.1 Å². The Morgan fingerprint density at radius 1 is 0.906 bits per heavy atom. The molecule has 1 fully saturated rings. The first-order valence-electron chi connectivity index (χ1n) is 11.3. The smallest absolute Gasteiger partial charge is 0.207 e. The van der Waals surface area contributed by atoms with Crippen LogP contribution in [0, 0.1) is 26.7 Å². The highest BCUT2D eigenvalue weighted by Crippen LogP contribution is 2.38. The Morgan fingerprint density at radius 2 is 1.47 bits per heavy atom. The summed E-state index contributed by atoms with van der Waals surface area (Å²) in [7, 11) is -3.69. The fraction of sp³-hybridized carbons (Fsp3) is 0.286. The maximum absolute atomic E-state index is 13.7. The first kappa shape index (κ1) is 22.5. The number of hydrogen-bond donors (Lipinski definition) is 1. The topological polar surface area (TPSA) is 46.2 Å². The van der Waals surface area contributed by atoms with Crippen molar-refractivity contribution in [3.63, 3.8) is 0 Å². The molecule has 4 heteroatoms. The van der Waals surface area contributed by atoms with Crippen molar-refractivity contribution in [2.75, 3.05) is 0 Å². The lowest BCUT2D eigenvalue weighted by molar-refractivity contribution is 0.283. The molecule has 0 spiro atoms. The van der Waals surface area contributed by atoms with Crippen molar-refractivity contribution in [1.82, 2.24) is 4.72 Å². The van der Waals surface area contributed by atoms with Crippen LogP contribution in [0.5, 0.6) is 0 Å². The van der Waals surface area contributed by atoms with Gasteiger partial charge in [-0.05, 0) is 73.4 Å². The Bertz CT molecular complexity index is 1190. The molecule has 166 valence electrons. The molecule has 3 aromatic rings. The van der Waals surface area contributed by atoms with Gasteiger partial charge in [0.1, 0.15) is 0 Å². The fourth-order valence-electron chi connectivity index (χ4n) is 4.72. The normalized spacial score (nSPS) is 15.9. The second-order valence-corrected chi connectivity index (χ2v) is 10.5. The second-order valence-electron chi connectivity index (χ2n) is 8.89. The van der Waals surface area contributed by atoms with Crippen molar-refractivity contribution in [2.24, 2.45) is 5.92 Å². The average Bonchev–Trinajstić information content (AvgIpc) is 2.70. The van der Waals surface area contributed by atoms with Crippen molar-refractivity contribution in [3.05, 3.63) is 101 Å².